The number of carboxylic acids is 4. The van der Waals surface area contributed by atoms with Gasteiger partial charge >= 0.3 is 23.9 Å². The summed E-state index contributed by atoms with van der Waals surface area (Å²) in [5, 5.41) is 39.1. The molecular formula is C11H18N2O10. The second-order valence-corrected chi connectivity index (χ2v) is 4.20. The molecule has 0 aromatic carbocycles. The van der Waals surface area contributed by atoms with Crippen LogP contribution in [0, 0.1) is 0 Å². The monoisotopic (exact) mass is 338 g/mol. The van der Waals surface area contributed by atoms with Crippen LogP contribution in [0.25, 0.3) is 0 Å². The van der Waals surface area contributed by atoms with E-state index in [-0.39, 0.29) is 20.3 Å². The predicted molar refractivity (Wildman–Crippen MR) is 70.4 cm³/mol. The van der Waals surface area contributed by atoms with Crippen molar-refractivity contribution in [3.63, 3.8) is 0 Å². The minimum atomic E-state index is -1.35. The Morgan fingerprint density at radius 2 is 1.09 bits per heavy atom. The van der Waals surface area contributed by atoms with E-state index in [1.807, 2.05) is 0 Å². The zero-order valence-electron chi connectivity index (χ0n) is 11.9. The number of nitrogens with one attached hydrogen (secondary N) is 2. The molecule has 0 aromatic heterocycles. The van der Waals surface area contributed by atoms with E-state index in [1.165, 1.54) is 0 Å². The molecule has 0 radical (unpaired) electrons. The molecule has 0 bridgehead atoms. The average Bonchev–Trinajstić information content (AvgIpc) is 2.42. The Morgan fingerprint density at radius 3 is 1.35 bits per heavy atom. The molecule has 0 saturated heterocycles. The van der Waals surface area contributed by atoms with Gasteiger partial charge in [0.05, 0.1) is 12.8 Å². The van der Waals surface area contributed by atoms with E-state index >= 15 is 0 Å². The van der Waals surface area contributed by atoms with E-state index < -0.39 is 48.8 Å². The lowest BCUT2D eigenvalue weighted by Crippen LogP contribution is -2.41. The van der Waals surface area contributed by atoms with Crippen molar-refractivity contribution in [3.05, 3.63) is 0 Å². The first kappa shape index (κ1) is 20.7. The fraction of sp³-hybridized carbons (Fsp3) is 0.636. The van der Waals surface area contributed by atoms with Crippen LogP contribution in [0.15, 0.2) is 0 Å². The zero-order chi connectivity index (χ0) is 17.8. The van der Waals surface area contributed by atoms with E-state index in [1.54, 1.807) is 0 Å². The Bertz CT molecular complexity index is 389. The molecule has 0 aromatic rings. The summed E-state index contributed by atoms with van der Waals surface area (Å²) in [6.07, 6.45) is -1.26. The molecule has 23 heavy (non-hydrogen) atoms. The third-order valence-electron chi connectivity index (χ3n) is 2.38. The molecule has 2 atom stereocenters. The summed E-state index contributed by atoms with van der Waals surface area (Å²) in [6.45, 7) is -0.956. The van der Waals surface area contributed by atoms with Crippen LogP contribution in [0.4, 0.5) is 0 Å². The zero-order valence-corrected chi connectivity index (χ0v) is 11.9. The molecule has 0 aliphatic carbocycles. The molecule has 6 N–H and O–H groups in total. The lowest BCUT2D eigenvalue weighted by Gasteiger charge is -2.14. The van der Waals surface area contributed by atoms with Gasteiger partial charge in [-0.05, 0) is 0 Å². The van der Waals surface area contributed by atoms with E-state index in [0.717, 1.165) is 0 Å². The Kier molecular flexibility index (Phi) is 10.2. The molecule has 12 nitrogen and oxygen atoms in total. The highest BCUT2D eigenvalue weighted by atomic mass is 16.7. The fourth-order valence-electron chi connectivity index (χ4n) is 1.30. The Morgan fingerprint density at radius 1 is 0.739 bits per heavy atom. The lowest BCUT2D eigenvalue weighted by atomic mass is 10.2. The average molecular weight is 338 g/mol. The SMILES string of the molecule is O=C(O)CC(NCOCOCNC(CC(=O)O)C(=O)O)C(=O)O. The predicted octanol–water partition coefficient (Wildman–Crippen LogP) is -2.07. The number of carbonyl (C=O) groups is 4. The van der Waals surface area contributed by atoms with Gasteiger partial charge in [0.1, 0.15) is 32.3 Å². The van der Waals surface area contributed by atoms with E-state index in [0.29, 0.717) is 0 Å². The van der Waals surface area contributed by atoms with Crippen LogP contribution >= 0.6 is 0 Å². The van der Waals surface area contributed by atoms with Crippen LogP contribution in [0.2, 0.25) is 0 Å². The summed E-state index contributed by atoms with van der Waals surface area (Å²) in [6, 6.07) is -2.64. The van der Waals surface area contributed by atoms with Gasteiger partial charge in [-0.25, -0.2) is 0 Å². The number of rotatable bonds is 14. The highest BCUT2D eigenvalue weighted by Gasteiger charge is 2.21. The number of hydrogen-bond acceptors (Lipinski definition) is 8. The smallest absolute Gasteiger partial charge is 0.321 e. The molecule has 0 aliphatic heterocycles. The van der Waals surface area contributed by atoms with Crippen LogP contribution in [-0.2, 0) is 28.7 Å². The van der Waals surface area contributed by atoms with Crippen LogP contribution in [0.3, 0.4) is 0 Å². The van der Waals surface area contributed by atoms with Gasteiger partial charge in [0.2, 0.25) is 0 Å². The van der Waals surface area contributed by atoms with Crippen LogP contribution in [0.1, 0.15) is 12.8 Å². The molecule has 0 rings (SSSR count). The summed E-state index contributed by atoms with van der Waals surface area (Å²) in [4.78, 5) is 42.2. The van der Waals surface area contributed by atoms with Crippen molar-refractivity contribution in [1.29, 1.82) is 0 Å². The molecule has 0 heterocycles. The number of hydrogen-bond donors (Lipinski definition) is 6. The van der Waals surface area contributed by atoms with Crippen molar-refractivity contribution in [2.75, 3.05) is 20.3 Å². The van der Waals surface area contributed by atoms with Gasteiger partial charge in [-0.1, -0.05) is 0 Å². The quantitative estimate of drug-likeness (QED) is 0.150. The standard InChI is InChI=1S/C11H18N2O10/c14-8(15)1-6(10(18)19)12-3-22-5-23-4-13-7(11(20)21)2-9(16)17/h6-7,12-13H,1-5H2,(H,14,15)(H,16,17)(H,18,19)(H,20,21). The summed E-state index contributed by atoms with van der Waals surface area (Å²) in [7, 11) is 0. The first-order valence-electron chi connectivity index (χ1n) is 6.25. The van der Waals surface area contributed by atoms with E-state index in [2.05, 4.69) is 10.6 Å². The minimum absolute atomic E-state index is 0.304. The normalized spacial score (nSPS) is 13.2. The van der Waals surface area contributed by atoms with Crippen molar-refractivity contribution in [3.8, 4) is 0 Å². The third kappa shape index (κ3) is 11.0. The number of aliphatic carboxylic acids is 4. The van der Waals surface area contributed by atoms with Crippen LogP contribution < -0.4 is 10.6 Å². The minimum Gasteiger partial charge on any atom is -0.481 e. The Hall–Kier alpha value is -2.28. The van der Waals surface area contributed by atoms with Crippen molar-refractivity contribution < 1.29 is 49.1 Å². The molecule has 0 fully saturated rings. The molecule has 12 heteroatoms. The van der Waals surface area contributed by atoms with E-state index in [9.17, 15) is 19.2 Å². The molecule has 0 aliphatic rings. The van der Waals surface area contributed by atoms with Gasteiger partial charge in [0.15, 0.2) is 0 Å². The van der Waals surface area contributed by atoms with Crippen molar-refractivity contribution in [2.45, 2.75) is 24.9 Å². The maximum Gasteiger partial charge on any atom is 0.321 e. The highest BCUT2D eigenvalue weighted by Crippen LogP contribution is 1.94. The highest BCUT2D eigenvalue weighted by molar-refractivity contribution is 5.81. The molecular weight excluding hydrogens is 320 g/mol. The van der Waals surface area contributed by atoms with Crippen molar-refractivity contribution in [2.24, 2.45) is 0 Å². The summed E-state index contributed by atoms with van der Waals surface area (Å²) >= 11 is 0. The topological polar surface area (TPSA) is 192 Å². The lowest BCUT2D eigenvalue weighted by molar-refractivity contribution is -0.148. The third-order valence-corrected chi connectivity index (χ3v) is 2.38. The van der Waals surface area contributed by atoms with E-state index in [4.69, 9.17) is 29.9 Å². The van der Waals surface area contributed by atoms with Gasteiger partial charge in [-0.2, -0.15) is 0 Å². The van der Waals surface area contributed by atoms with Crippen molar-refractivity contribution >= 4 is 23.9 Å². The number of carboxylic acid groups (broad SMARTS) is 4. The summed E-state index contributed by atoms with van der Waals surface area (Å²) in [5.41, 5.74) is 0. The molecule has 2 unspecified atom stereocenters. The maximum absolute atomic E-state index is 10.7. The fourth-order valence-corrected chi connectivity index (χ4v) is 1.30. The number of ether oxygens (including phenoxy) is 2. The van der Waals surface area contributed by atoms with Gasteiger partial charge in [0.25, 0.3) is 0 Å². The van der Waals surface area contributed by atoms with Crippen LogP contribution in [-0.4, -0.2) is 76.6 Å². The summed E-state index contributed by atoms with van der Waals surface area (Å²) < 4.78 is 9.65. The Labute approximate surface area is 130 Å². The summed E-state index contributed by atoms with van der Waals surface area (Å²) in [5.74, 6) is -5.28. The molecule has 132 valence electrons. The van der Waals surface area contributed by atoms with Gasteiger partial charge < -0.3 is 29.9 Å². The van der Waals surface area contributed by atoms with Gasteiger partial charge in [-0.15, -0.1) is 0 Å². The van der Waals surface area contributed by atoms with Crippen LogP contribution in [0.5, 0.6) is 0 Å². The van der Waals surface area contributed by atoms with Gasteiger partial charge in [-0.3, -0.25) is 29.8 Å². The second-order valence-electron chi connectivity index (χ2n) is 4.20. The molecule has 0 amide bonds. The molecule has 0 spiro atoms. The largest absolute Gasteiger partial charge is 0.481 e. The van der Waals surface area contributed by atoms with Crippen molar-refractivity contribution in [1.82, 2.24) is 10.6 Å². The van der Waals surface area contributed by atoms with Gasteiger partial charge in [0, 0.05) is 0 Å². The Balaban J connectivity index is 3.83. The molecule has 0 saturated carbocycles. The second kappa shape index (κ2) is 11.3. The first-order chi connectivity index (χ1) is 10.7. The maximum atomic E-state index is 10.7. The first-order valence-corrected chi connectivity index (χ1v) is 6.25.